The van der Waals surface area contributed by atoms with Gasteiger partial charge in [-0.25, -0.2) is 18.4 Å². The van der Waals surface area contributed by atoms with E-state index in [1.807, 2.05) is 53.7 Å². The lowest BCUT2D eigenvalue weighted by Gasteiger charge is -2.39. The Hall–Kier alpha value is -5.74. The third-order valence-electron chi connectivity index (χ3n) is 11.1. The van der Waals surface area contributed by atoms with Crippen LogP contribution in [-0.4, -0.2) is 86.2 Å². The van der Waals surface area contributed by atoms with E-state index in [0.717, 1.165) is 11.1 Å². The molecule has 2 aromatic heterocycles. The number of carboxylic acids is 2. The monoisotopic (exact) mass is 866 g/mol. The Morgan fingerprint density at radius 1 is 0.613 bits per heavy atom. The number of ether oxygens (including phenoxy) is 6. The first-order valence-electron chi connectivity index (χ1n) is 20.2. The molecule has 0 bridgehead atoms. The molecule has 4 heterocycles. The first kappa shape index (κ1) is 47.3. The van der Waals surface area contributed by atoms with Gasteiger partial charge in [-0.15, -0.1) is 0 Å². The molecule has 6 rings (SSSR count). The van der Waals surface area contributed by atoms with Crippen molar-refractivity contribution in [1.82, 2.24) is 9.13 Å². The van der Waals surface area contributed by atoms with Gasteiger partial charge in [0.25, 0.3) is 0 Å². The van der Waals surface area contributed by atoms with Gasteiger partial charge >= 0.3 is 11.9 Å². The molecule has 0 saturated heterocycles. The number of fused-ring (bicyclic) bond motifs is 6. The fourth-order valence-electron chi connectivity index (χ4n) is 7.87. The summed E-state index contributed by atoms with van der Waals surface area (Å²) in [6.45, 7) is 13.9. The van der Waals surface area contributed by atoms with E-state index in [0.29, 0.717) is 86.2 Å². The molecule has 2 N–H and O–H groups in total. The van der Waals surface area contributed by atoms with Crippen LogP contribution in [0, 0.1) is 22.5 Å². The highest BCUT2D eigenvalue weighted by molar-refractivity contribution is 5.89. The number of aromatic carboxylic acids is 2. The van der Waals surface area contributed by atoms with Gasteiger partial charge in [0, 0.05) is 75.9 Å². The number of halogens is 2. The topological polar surface area (TPSA) is 174 Å². The average molecular weight is 867 g/mol. The molecule has 4 aromatic rings. The largest absolute Gasteiger partial charge is 0.493 e. The molecule has 0 saturated carbocycles. The van der Waals surface area contributed by atoms with E-state index in [-0.39, 0.29) is 34.3 Å². The highest BCUT2D eigenvalue weighted by Gasteiger charge is 2.38. The number of methoxy groups -OCH3 is 4. The number of benzene rings is 2. The zero-order valence-electron chi connectivity index (χ0n) is 36.9. The summed E-state index contributed by atoms with van der Waals surface area (Å²) in [5, 5.41) is 18.8. The Kier molecular flexibility index (Phi) is 14.6. The number of hydrogen-bond donors (Lipinski definition) is 2. The SMILES string of the molecule is COCCCOc1cc2c(cc1OC)-c1c(F)c(=O)c(C(=O)O)cn1[C@@H](C(C)(C)C)C2.COCCCOc1cc2c(cc1OC)-c1c(F)c(=O)c(C(=O)O)cn1[C@H](C(C)(C)C)C2. The van der Waals surface area contributed by atoms with Crippen molar-refractivity contribution < 1.29 is 57.0 Å². The Labute approximate surface area is 358 Å². The molecule has 0 aliphatic carbocycles. The molecule has 2 aliphatic rings. The zero-order valence-corrected chi connectivity index (χ0v) is 36.9. The van der Waals surface area contributed by atoms with Gasteiger partial charge in [-0.3, -0.25) is 9.59 Å². The number of rotatable bonds is 14. The van der Waals surface area contributed by atoms with Crippen molar-refractivity contribution in [3.8, 4) is 45.5 Å². The lowest BCUT2D eigenvalue weighted by atomic mass is 9.78. The van der Waals surface area contributed by atoms with Gasteiger partial charge in [0.1, 0.15) is 11.1 Å². The van der Waals surface area contributed by atoms with Crippen LogP contribution in [0.1, 0.15) is 98.3 Å². The number of carbonyl (C=O) groups is 2. The molecule has 336 valence electrons. The molecule has 16 heteroatoms. The fraction of sp³-hybridized carbons (Fsp3) is 0.478. The highest BCUT2D eigenvalue weighted by Crippen LogP contribution is 2.48. The summed E-state index contributed by atoms with van der Waals surface area (Å²) in [6, 6.07) is 6.40. The molecule has 0 amide bonds. The quantitative estimate of drug-likeness (QED) is 0.118. The molecule has 62 heavy (non-hydrogen) atoms. The van der Waals surface area contributed by atoms with E-state index in [1.165, 1.54) is 26.6 Å². The second kappa shape index (κ2) is 19.1. The van der Waals surface area contributed by atoms with Crippen molar-refractivity contribution in [1.29, 1.82) is 0 Å². The van der Waals surface area contributed by atoms with E-state index in [1.54, 1.807) is 35.5 Å². The third kappa shape index (κ3) is 9.65. The molecular weight excluding hydrogens is 811 g/mol. The van der Waals surface area contributed by atoms with E-state index in [9.17, 15) is 29.4 Å². The van der Waals surface area contributed by atoms with E-state index in [4.69, 9.17) is 28.4 Å². The third-order valence-corrected chi connectivity index (χ3v) is 11.1. The lowest BCUT2D eigenvalue weighted by molar-refractivity contribution is 0.0682. The molecule has 0 spiro atoms. The molecular formula is C46H56F2N2O12. The zero-order chi connectivity index (χ0) is 45.8. The van der Waals surface area contributed by atoms with Crippen molar-refractivity contribution >= 4 is 11.9 Å². The van der Waals surface area contributed by atoms with Crippen LogP contribution in [0.4, 0.5) is 8.78 Å². The average Bonchev–Trinajstić information content (AvgIpc) is 3.21. The van der Waals surface area contributed by atoms with Gasteiger partial charge in [0.15, 0.2) is 34.6 Å². The molecule has 2 aliphatic heterocycles. The molecule has 14 nitrogen and oxygen atoms in total. The van der Waals surface area contributed by atoms with Crippen LogP contribution in [-0.2, 0) is 22.3 Å². The summed E-state index contributed by atoms with van der Waals surface area (Å²) in [4.78, 5) is 47.9. The second-order valence-corrected chi connectivity index (χ2v) is 17.4. The predicted molar refractivity (Wildman–Crippen MR) is 228 cm³/mol. The van der Waals surface area contributed by atoms with Gasteiger partial charge in [-0.05, 0) is 59.1 Å². The minimum atomic E-state index is -1.45. The molecule has 2 atom stereocenters. The van der Waals surface area contributed by atoms with Crippen molar-refractivity contribution in [2.45, 2.75) is 79.3 Å². The fourth-order valence-corrected chi connectivity index (χ4v) is 7.87. The van der Waals surface area contributed by atoms with Gasteiger partial charge < -0.3 is 47.8 Å². The minimum Gasteiger partial charge on any atom is -0.493 e. The van der Waals surface area contributed by atoms with Crippen molar-refractivity contribution in [2.75, 3.05) is 54.9 Å². The van der Waals surface area contributed by atoms with Crippen LogP contribution in [0.3, 0.4) is 0 Å². The number of hydrogen-bond acceptors (Lipinski definition) is 10. The summed E-state index contributed by atoms with van der Waals surface area (Å²) >= 11 is 0. The maximum absolute atomic E-state index is 15.3. The van der Waals surface area contributed by atoms with E-state index < -0.39 is 45.6 Å². The minimum absolute atomic E-state index is 0.0698. The van der Waals surface area contributed by atoms with E-state index >= 15 is 8.78 Å². The van der Waals surface area contributed by atoms with Crippen LogP contribution < -0.4 is 29.8 Å². The summed E-state index contributed by atoms with van der Waals surface area (Å²) < 4.78 is 66.5. The molecule has 2 aromatic carbocycles. The maximum Gasteiger partial charge on any atom is 0.341 e. The predicted octanol–water partition coefficient (Wildman–Crippen LogP) is 7.84. The van der Waals surface area contributed by atoms with Crippen molar-refractivity contribution in [3.05, 3.63) is 91.0 Å². The van der Waals surface area contributed by atoms with Gasteiger partial charge in [0.05, 0.1) is 38.8 Å². The van der Waals surface area contributed by atoms with Gasteiger partial charge in [-0.2, -0.15) is 0 Å². The number of nitrogens with zero attached hydrogens (tertiary/aromatic N) is 2. The Balaban J connectivity index is 0.000000234. The molecule has 0 unspecified atom stereocenters. The van der Waals surface area contributed by atoms with Crippen LogP contribution in [0.25, 0.3) is 22.5 Å². The van der Waals surface area contributed by atoms with Crippen LogP contribution in [0.15, 0.2) is 46.2 Å². The highest BCUT2D eigenvalue weighted by atomic mass is 19.1. The van der Waals surface area contributed by atoms with Crippen LogP contribution in [0.2, 0.25) is 0 Å². The standard InChI is InChI=1S/2C23H28FNO6/c2*1-23(2,3)18-10-13-9-17(31-8-6-7-29-4)16(30-5)11-14(13)20-19(24)21(26)15(22(27)28)12-25(18)20/h2*9,11-12,18H,6-8,10H2,1-5H3,(H,27,28)/t2*18-/m10/s1. The molecule has 0 radical (unpaired) electrons. The summed E-state index contributed by atoms with van der Waals surface area (Å²) in [5.74, 6) is -3.18. The van der Waals surface area contributed by atoms with Gasteiger partial charge in [-0.1, -0.05) is 41.5 Å². The summed E-state index contributed by atoms with van der Waals surface area (Å²) in [5.41, 5.74) is -1.33. The van der Waals surface area contributed by atoms with Crippen LogP contribution in [0.5, 0.6) is 23.0 Å². The Bertz CT molecular complexity index is 2280. The first-order chi connectivity index (χ1) is 29.2. The van der Waals surface area contributed by atoms with Gasteiger partial charge in [0.2, 0.25) is 10.9 Å². The lowest BCUT2D eigenvalue weighted by Crippen LogP contribution is -2.34. The normalized spacial score (nSPS) is 15.2. The first-order valence-corrected chi connectivity index (χ1v) is 20.2. The smallest absolute Gasteiger partial charge is 0.341 e. The van der Waals surface area contributed by atoms with Crippen LogP contribution >= 0.6 is 0 Å². The summed E-state index contributed by atoms with van der Waals surface area (Å²) in [7, 11) is 6.22. The van der Waals surface area contributed by atoms with E-state index in [2.05, 4.69) is 0 Å². The maximum atomic E-state index is 15.3. The molecule has 0 fully saturated rings. The van der Waals surface area contributed by atoms with Crippen molar-refractivity contribution in [2.24, 2.45) is 10.8 Å². The Morgan fingerprint density at radius 3 is 1.26 bits per heavy atom. The van der Waals surface area contributed by atoms with Crippen molar-refractivity contribution in [3.63, 3.8) is 0 Å². The Morgan fingerprint density at radius 2 is 0.968 bits per heavy atom. The second-order valence-electron chi connectivity index (χ2n) is 17.4. The number of carboxylic acid groups (broad SMARTS) is 2. The summed E-state index contributed by atoms with van der Waals surface area (Å²) in [6.07, 6.45) is 4.95. The number of pyridine rings is 2. The number of aromatic nitrogens is 2.